The SMILES string of the molecule is C=CC(=O)[NH+](C)C.CCCCCCCCCCCC(=O)[O-]. The molecule has 4 nitrogen and oxygen atoms in total. The van der Waals surface area contributed by atoms with E-state index in [2.05, 4.69) is 13.5 Å². The monoisotopic (exact) mass is 299 g/mol. The van der Waals surface area contributed by atoms with Gasteiger partial charge in [-0.3, -0.25) is 4.90 Å². The fourth-order valence-electron chi connectivity index (χ4n) is 1.78. The van der Waals surface area contributed by atoms with Gasteiger partial charge in [0, 0.05) is 12.0 Å². The first kappa shape index (κ1) is 22.1. The number of amides is 1. The van der Waals surface area contributed by atoms with Crippen molar-refractivity contribution in [2.45, 2.75) is 71.1 Å². The summed E-state index contributed by atoms with van der Waals surface area (Å²) in [5.41, 5.74) is 0. The van der Waals surface area contributed by atoms with E-state index < -0.39 is 5.97 Å². The Bertz CT molecular complexity index is 275. The summed E-state index contributed by atoms with van der Waals surface area (Å²) in [5.74, 6) is -0.882. The summed E-state index contributed by atoms with van der Waals surface area (Å²) in [7, 11) is 3.54. The molecule has 0 aliphatic heterocycles. The van der Waals surface area contributed by atoms with Gasteiger partial charge in [-0.15, -0.1) is 0 Å². The highest BCUT2D eigenvalue weighted by Crippen LogP contribution is 2.09. The Morgan fingerprint density at radius 3 is 1.67 bits per heavy atom. The minimum Gasteiger partial charge on any atom is -0.550 e. The van der Waals surface area contributed by atoms with E-state index in [4.69, 9.17) is 0 Å². The Hall–Kier alpha value is -1.16. The van der Waals surface area contributed by atoms with Crippen LogP contribution in [-0.2, 0) is 9.59 Å². The zero-order valence-electron chi connectivity index (χ0n) is 14.1. The summed E-state index contributed by atoms with van der Waals surface area (Å²) >= 11 is 0. The van der Waals surface area contributed by atoms with Crippen molar-refractivity contribution in [2.75, 3.05) is 14.1 Å². The third-order valence-corrected chi connectivity index (χ3v) is 3.16. The van der Waals surface area contributed by atoms with Crippen LogP contribution >= 0.6 is 0 Å². The average molecular weight is 299 g/mol. The van der Waals surface area contributed by atoms with Crippen molar-refractivity contribution >= 4 is 11.9 Å². The molecule has 0 aromatic rings. The molecule has 0 aliphatic rings. The van der Waals surface area contributed by atoms with Crippen molar-refractivity contribution in [2.24, 2.45) is 0 Å². The van der Waals surface area contributed by atoms with Crippen molar-refractivity contribution in [1.29, 1.82) is 0 Å². The van der Waals surface area contributed by atoms with Gasteiger partial charge in [-0.25, -0.2) is 4.79 Å². The number of carbonyl (C=O) groups is 2. The molecular weight excluding hydrogens is 266 g/mol. The van der Waals surface area contributed by atoms with E-state index in [-0.39, 0.29) is 12.3 Å². The Morgan fingerprint density at radius 1 is 0.952 bits per heavy atom. The van der Waals surface area contributed by atoms with E-state index in [1.165, 1.54) is 51.0 Å². The number of carbonyl (C=O) groups excluding carboxylic acids is 2. The van der Waals surface area contributed by atoms with E-state index in [0.29, 0.717) is 0 Å². The van der Waals surface area contributed by atoms with Crippen molar-refractivity contribution in [1.82, 2.24) is 0 Å². The predicted octanol–water partition coefficient (Wildman–Crippen LogP) is 1.50. The lowest BCUT2D eigenvalue weighted by atomic mass is 10.1. The molecule has 1 amide bonds. The smallest absolute Gasteiger partial charge is 0.335 e. The lowest BCUT2D eigenvalue weighted by Crippen LogP contribution is -3.08. The first-order valence-electron chi connectivity index (χ1n) is 8.12. The van der Waals surface area contributed by atoms with Crippen LogP contribution < -0.4 is 10.0 Å². The number of unbranched alkanes of at least 4 members (excludes halogenated alkanes) is 8. The molecule has 21 heavy (non-hydrogen) atoms. The molecule has 0 unspecified atom stereocenters. The van der Waals surface area contributed by atoms with Gasteiger partial charge in [0.05, 0.1) is 14.1 Å². The first-order valence-corrected chi connectivity index (χ1v) is 8.12. The number of carboxylic acids is 1. The number of hydrogen-bond acceptors (Lipinski definition) is 3. The fourth-order valence-corrected chi connectivity index (χ4v) is 1.78. The lowest BCUT2D eigenvalue weighted by molar-refractivity contribution is -0.771. The standard InChI is InChI=1S/C12H24O2.C5H9NO/c1-2-3-4-5-6-7-8-9-10-11-12(13)14;1-4-5(7)6(2)3/h2-11H2,1H3,(H,13,14);4H,1H2,2-3H3. The Balaban J connectivity index is 0. The molecule has 0 bridgehead atoms. The van der Waals surface area contributed by atoms with E-state index in [0.717, 1.165) is 17.7 Å². The summed E-state index contributed by atoms with van der Waals surface area (Å²) in [4.78, 5) is 21.2. The van der Waals surface area contributed by atoms with Gasteiger partial charge in [-0.1, -0.05) is 64.9 Å². The third-order valence-electron chi connectivity index (χ3n) is 3.16. The number of hydrogen-bond donors (Lipinski definition) is 1. The third kappa shape index (κ3) is 21.3. The highest BCUT2D eigenvalue weighted by Gasteiger charge is 1.98. The summed E-state index contributed by atoms with van der Waals surface area (Å²) in [6, 6.07) is 0. The molecule has 0 saturated carbocycles. The summed E-state index contributed by atoms with van der Waals surface area (Å²) in [6.45, 7) is 5.53. The molecule has 0 fully saturated rings. The molecule has 0 atom stereocenters. The average Bonchev–Trinajstić information content (AvgIpc) is 2.45. The number of carboxylic acid groups (broad SMARTS) is 1. The van der Waals surface area contributed by atoms with Gasteiger partial charge in [0.1, 0.15) is 0 Å². The lowest BCUT2D eigenvalue weighted by Gasteiger charge is -2.02. The predicted molar refractivity (Wildman–Crippen MR) is 84.9 cm³/mol. The molecular formula is C17H33NO3. The number of rotatable bonds is 11. The van der Waals surface area contributed by atoms with Gasteiger partial charge in [0.2, 0.25) is 0 Å². The van der Waals surface area contributed by atoms with Crippen LogP contribution in [0.25, 0.3) is 0 Å². The fraction of sp³-hybridized carbons (Fsp3) is 0.765. The second-order valence-electron chi connectivity index (χ2n) is 5.52. The Kier molecular flexibility index (Phi) is 17.8. The van der Waals surface area contributed by atoms with Crippen molar-refractivity contribution in [3.63, 3.8) is 0 Å². The van der Waals surface area contributed by atoms with Crippen LogP contribution in [0.4, 0.5) is 0 Å². The molecule has 0 aromatic carbocycles. The maximum atomic E-state index is 10.4. The topological polar surface area (TPSA) is 61.6 Å². The zero-order valence-corrected chi connectivity index (χ0v) is 14.1. The van der Waals surface area contributed by atoms with Crippen molar-refractivity contribution in [3.8, 4) is 0 Å². The zero-order chi connectivity index (χ0) is 16.5. The van der Waals surface area contributed by atoms with Crippen LogP contribution in [0, 0.1) is 0 Å². The summed E-state index contributed by atoms with van der Waals surface area (Å²) in [6.07, 6.45) is 12.5. The maximum Gasteiger partial charge on any atom is 0.335 e. The summed E-state index contributed by atoms with van der Waals surface area (Å²) in [5, 5.41) is 10.1. The van der Waals surface area contributed by atoms with Crippen LogP contribution in [0.1, 0.15) is 71.1 Å². The van der Waals surface area contributed by atoms with E-state index in [1.54, 1.807) is 14.1 Å². The van der Waals surface area contributed by atoms with Crippen LogP contribution in [-0.4, -0.2) is 26.0 Å². The van der Waals surface area contributed by atoms with Crippen LogP contribution in [0.2, 0.25) is 0 Å². The first-order chi connectivity index (χ1) is 9.95. The number of quaternary nitrogens is 1. The van der Waals surface area contributed by atoms with E-state index >= 15 is 0 Å². The molecule has 0 spiro atoms. The molecule has 0 radical (unpaired) electrons. The van der Waals surface area contributed by atoms with Crippen molar-refractivity contribution < 1.29 is 19.6 Å². The van der Waals surface area contributed by atoms with Gasteiger partial charge in [0.25, 0.3) is 0 Å². The van der Waals surface area contributed by atoms with Crippen molar-refractivity contribution in [3.05, 3.63) is 12.7 Å². The quantitative estimate of drug-likeness (QED) is 0.464. The molecule has 0 heterocycles. The summed E-state index contributed by atoms with van der Waals surface area (Å²) < 4.78 is 0. The van der Waals surface area contributed by atoms with Gasteiger partial charge < -0.3 is 9.90 Å². The molecule has 0 aliphatic carbocycles. The number of aliphatic carboxylic acids is 1. The molecule has 0 saturated heterocycles. The van der Waals surface area contributed by atoms with Gasteiger partial charge >= 0.3 is 5.91 Å². The Labute approximate surface area is 130 Å². The minimum absolute atomic E-state index is 0.0278. The van der Waals surface area contributed by atoms with Crippen LogP contribution in [0.3, 0.4) is 0 Å². The van der Waals surface area contributed by atoms with Gasteiger partial charge in [0.15, 0.2) is 0 Å². The van der Waals surface area contributed by atoms with E-state index in [1.807, 2.05) is 0 Å². The largest absolute Gasteiger partial charge is 0.550 e. The molecule has 0 rings (SSSR count). The normalized spacial score (nSPS) is 9.90. The molecule has 1 N–H and O–H groups in total. The molecule has 124 valence electrons. The number of likely N-dealkylation sites (N-methyl/N-ethyl adjacent to an activating group) is 1. The highest BCUT2D eigenvalue weighted by molar-refractivity contribution is 5.78. The second kappa shape index (κ2) is 16.9. The van der Waals surface area contributed by atoms with Gasteiger partial charge in [-0.05, 0) is 12.8 Å². The maximum absolute atomic E-state index is 10.4. The minimum atomic E-state index is -0.909. The van der Waals surface area contributed by atoms with Gasteiger partial charge in [-0.2, -0.15) is 0 Å². The molecule has 4 heteroatoms. The Morgan fingerprint density at radius 2 is 1.38 bits per heavy atom. The van der Waals surface area contributed by atoms with E-state index in [9.17, 15) is 14.7 Å². The van der Waals surface area contributed by atoms with Crippen LogP contribution in [0.5, 0.6) is 0 Å². The number of nitrogens with one attached hydrogen (secondary N) is 1. The highest BCUT2D eigenvalue weighted by atomic mass is 16.4. The second-order valence-corrected chi connectivity index (χ2v) is 5.52. The molecule has 0 aromatic heterocycles. The van der Waals surface area contributed by atoms with Crippen LogP contribution in [0.15, 0.2) is 12.7 Å².